The number of aromatic nitrogens is 2. The molecule has 0 aliphatic heterocycles. The molecule has 106 valence electrons. The third kappa shape index (κ3) is 2.57. The fourth-order valence-corrected chi connectivity index (χ4v) is 1.84. The molecule has 1 amide bonds. The summed E-state index contributed by atoms with van der Waals surface area (Å²) in [4.78, 5) is 22.6. The van der Waals surface area contributed by atoms with Gasteiger partial charge in [-0.05, 0) is 19.1 Å². The first-order valence-corrected chi connectivity index (χ1v) is 5.94. The predicted octanol–water partition coefficient (Wildman–Crippen LogP) is 1.76. The third-order valence-electron chi connectivity index (χ3n) is 3.00. The van der Waals surface area contributed by atoms with Crippen LogP contribution in [0.3, 0.4) is 0 Å². The van der Waals surface area contributed by atoms with E-state index in [-0.39, 0.29) is 28.3 Å². The van der Waals surface area contributed by atoms with Gasteiger partial charge in [-0.15, -0.1) is 0 Å². The highest BCUT2D eigenvalue weighted by atomic mass is 16.6. The monoisotopic (exact) mass is 285 g/mol. The van der Waals surface area contributed by atoms with Crippen LogP contribution in [0.5, 0.6) is 0 Å². The van der Waals surface area contributed by atoms with Gasteiger partial charge in [-0.2, -0.15) is 10.4 Å². The summed E-state index contributed by atoms with van der Waals surface area (Å²) in [6.45, 7) is 1.51. The molecule has 0 aliphatic rings. The summed E-state index contributed by atoms with van der Waals surface area (Å²) >= 11 is 0. The van der Waals surface area contributed by atoms with E-state index in [9.17, 15) is 14.9 Å². The number of nitro groups is 1. The number of nitriles is 1. The number of amides is 1. The average Bonchev–Trinajstić information content (AvgIpc) is 2.75. The SMILES string of the molecule is Cc1c([N+](=O)[O-])c(C(=O)Nc2ccccc2C#N)nn1C. The molecule has 21 heavy (non-hydrogen) atoms. The number of para-hydroxylation sites is 1. The van der Waals surface area contributed by atoms with Crippen molar-refractivity contribution in [2.75, 3.05) is 5.32 Å². The van der Waals surface area contributed by atoms with Crippen molar-refractivity contribution in [2.45, 2.75) is 6.92 Å². The highest BCUT2D eigenvalue weighted by Crippen LogP contribution is 2.23. The van der Waals surface area contributed by atoms with Gasteiger partial charge in [0, 0.05) is 7.05 Å². The molecule has 0 saturated heterocycles. The first-order chi connectivity index (χ1) is 9.95. The molecule has 0 fully saturated rings. The van der Waals surface area contributed by atoms with Crippen LogP contribution in [0.25, 0.3) is 0 Å². The summed E-state index contributed by atoms with van der Waals surface area (Å²) in [6, 6.07) is 8.31. The Morgan fingerprint density at radius 3 is 2.76 bits per heavy atom. The molecule has 8 heteroatoms. The van der Waals surface area contributed by atoms with E-state index in [2.05, 4.69) is 10.4 Å². The van der Waals surface area contributed by atoms with E-state index in [0.717, 1.165) is 0 Å². The van der Waals surface area contributed by atoms with Crippen molar-refractivity contribution in [1.29, 1.82) is 5.26 Å². The van der Waals surface area contributed by atoms with Crippen molar-refractivity contribution >= 4 is 17.3 Å². The first kappa shape index (κ1) is 14.2. The zero-order valence-corrected chi connectivity index (χ0v) is 11.3. The highest BCUT2D eigenvalue weighted by Gasteiger charge is 2.29. The van der Waals surface area contributed by atoms with Crippen molar-refractivity contribution in [1.82, 2.24) is 9.78 Å². The van der Waals surface area contributed by atoms with Gasteiger partial charge in [0.2, 0.25) is 5.69 Å². The number of rotatable bonds is 3. The molecule has 1 N–H and O–H groups in total. The Bertz CT molecular complexity index is 773. The van der Waals surface area contributed by atoms with Crippen molar-refractivity contribution in [3.8, 4) is 6.07 Å². The van der Waals surface area contributed by atoms with E-state index < -0.39 is 10.8 Å². The average molecular weight is 285 g/mol. The molecule has 2 aromatic rings. The largest absolute Gasteiger partial charge is 0.322 e. The minimum absolute atomic E-state index is 0.265. The zero-order chi connectivity index (χ0) is 15.6. The molecule has 0 radical (unpaired) electrons. The minimum Gasteiger partial charge on any atom is -0.319 e. The van der Waals surface area contributed by atoms with Crippen molar-refractivity contribution < 1.29 is 9.72 Å². The lowest BCUT2D eigenvalue weighted by molar-refractivity contribution is -0.385. The van der Waals surface area contributed by atoms with Gasteiger partial charge >= 0.3 is 5.69 Å². The van der Waals surface area contributed by atoms with Crippen LogP contribution in [0, 0.1) is 28.4 Å². The van der Waals surface area contributed by atoms with Gasteiger partial charge in [0.25, 0.3) is 5.91 Å². The molecule has 8 nitrogen and oxygen atoms in total. The van der Waals surface area contributed by atoms with E-state index in [0.29, 0.717) is 0 Å². The summed E-state index contributed by atoms with van der Waals surface area (Å²) in [5.41, 5.74) is 0.194. The van der Waals surface area contributed by atoms with Gasteiger partial charge in [0.1, 0.15) is 11.8 Å². The summed E-state index contributed by atoms with van der Waals surface area (Å²) in [5, 5.41) is 26.4. The fraction of sp³-hybridized carbons (Fsp3) is 0.154. The standard InChI is InChI=1S/C13H11N5O3/c1-8-12(18(20)21)11(16-17(8)2)13(19)15-10-6-4-3-5-9(10)7-14/h3-6H,1-2H3,(H,15,19). The summed E-state index contributed by atoms with van der Waals surface area (Å²) in [6.07, 6.45) is 0. The predicted molar refractivity (Wildman–Crippen MR) is 73.7 cm³/mol. The molecule has 0 unspecified atom stereocenters. The molecule has 1 aromatic heterocycles. The molecule has 0 aliphatic carbocycles. The maximum absolute atomic E-state index is 12.2. The quantitative estimate of drug-likeness (QED) is 0.681. The van der Waals surface area contributed by atoms with E-state index in [1.54, 1.807) is 12.1 Å². The van der Waals surface area contributed by atoms with Crippen LogP contribution in [-0.2, 0) is 7.05 Å². The maximum atomic E-state index is 12.2. The number of carbonyl (C=O) groups excluding carboxylic acids is 1. The molecule has 0 saturated carbocycles. The topological polar surface area (TPSA) is 114 Å². The Labute approximate surface area is 119 Å². The van der Waals surface area contributed by atoms with Gasteiger partial charge < -0.3 is 5.32 Å². The van der Waals surface area contributed by atoms with Crippen LogP contribution >= 0.6 is 0 Å². The number of hydrogen-bond acceptors (Lipinski definition) is 5. The maximum Gasteiger partial charge on any atom is 0.322 e. The Balaban J connectivity index is 2.40. The second kappa shape index (κ2) is 5.42. The Morgan fingerprint density at radius 1 is 1.48 bits per heavy atom. The number of hydrogen-bond donors (Lipinski definition) is 1. The van der Waals surface area contributed by atoms with Gasteiger partial charge in [-0.1, -0.05) is 12.1 Å². The lowest BCUT2D eigenvalue weighted by Crippen LogP contribution is -2.15. The van der Waals surface area contributed by atoms with Crippen LogP contribution in [0.4, 0.5) is 11.4 Å². The lowest BCUT2D eigenvalue weighted by Gasteiger charge is -2.04. The number of anilines is 1. The molecule has 0 spiro atoms. The smallest absolute Gasteiger partial charge is 0.319 e. The highest BCUT2D eigenvalue weighted by molar-refractivity contribution is 6.06. The van der Waals surface area contributed by atoms with E-state index in [1.807, 2.05) is 6.07 Å². The lowest BCUT2D eigenvalue weighted by atomic mass is 10.2. The van der Waals surface area contributed by atoms with E-state index >= 15 is 0 Å². The molecule has 0 atom stereocenters. The van der Waals surface area contributed by atoms with Gasteiger partial charge in [0.05, 0.1) is 16.2 Å². The number of carbonyl (C=O) groups is 1. The number of aryl methyl sites for hydroxylation is 1. The van der Waals surface area contributed by atoms with Crippen LogP contribution in [0.15, 0.2) is 24.3 Å². The van der Waals surface area contributed by atoms with Crippen LogP contribution in [-0.4, -0.2) is 20.6 Å². The summed E-state index contributed by atoms with van der Waals surface area (Å²) in [7, 11) is 1.52. The Kier molecular flexibility index (Phi) is 3.67. The van der Waals surface area contributed by atoms with Gasteiger partial charge in [0.15, 0.2) is 0 Å². The number of benzene rings is 1. The molecule has 2 rings (SSSR count). The summed E-state index contributed by atoms with van der Waals surface area (Å²) < 4.78 is 1.27. The molecule has 1 aromatic carbocycles. The van der Waals surface area contributed by atoms with Crippen molar-refractivity contribution in [3.05, 3.63) is 51.3 Å². The fourth-order valence-electron chi connectivity index (χ4n) is 1.84. The van der Waals surface area contributed by atoms with E-state index in [4.69, 9.17) is 5.26 Å². The van der Waals surface area contributed by atoms with E-state index in [1.165, 1.54) is 30.8 Å². The Morgan fingerprint density at radius 2 is 2.14 bits per heavy atom. The van der Waals surface area contributed by atoms with Crippen LogP contribution in [0.2, 0.25) is 0 Å². The minimum atomic E-state index is -0.729. The molecular weight excluding hydrogens is 274 g/mol. The molecule has 1 heterocycles. The molecular formula is C13H11N5O3. The summed E-state index contributed by atoms with van der Waals surface area (Å²) in [5.74, 6) is -0.729. The van der Waals surface area contributed by atoms with Gasteiger partial charge in [-0.3, -0.25) is 19.6 Å². The number of nitrogens with one attached hydrogen (secondary N) is 1. The zero-order valence-electron chi connectivity index (χ0n) is 11.3. The van der Waals surface area contributed by atoms with Gasteiger partial charge in [-0.25, -0.2) is 0 Å². The normalized spacial score (nSPS) is 9.95. The number of nitrogens with zero attached hydrogens (tertiary/aromatic N) is 4. The van der Waals surface area contributed by atoms with Crippen LogP contribution in [0.1, 0.15) is 21.7 Å². The second-order valence-electron chi connectivity index (χ2n) is 4.27. The Hall–Kier alpha value is -3.21. The molecule has 0 bridgehead atoms. The first-order valence-electron chi connectivity index (χ1n) is 5.94. The van der Waals surface area contributed by atoms with Crippen LogP contribution < -0.4 is 5.32 Å². The van der Waals surface area contributed by atoms with Crippen molar-refractivity contribution in [2.24, 2.45) is 7.05 Å². The van der Waals surface area contributed by atoms with Crippen molar-refractivity contribution in [3.63, 3.8) is 0 Å². The second-order valence-corrected chi connectivity index (χ2v) is 4.27. The third-order valence-corrected chi connectivity index (χ3v) is 3.00.